The van der Waals surface area contributed by atoms with Crippen molar-refractivity contribution in [3.05, 3.63) is 46.4 Å². The van der Waals surface area contributed by atoms with Crippen LogP contribution in [0.2, 0.25) is 0 Å². The number of hydrazone groups is 1. The van der Waals surface area contributed by atoms with E-state index in [1.807, 2.05) is 6.92 Å². The summed E-state index contributed by atoms with van der Waals surface area (Å²) >= 11 is 3.18. The summed E-state index contributed by atoms with van der Waals surface area (Å²) < 4.78 is 10.8. The van der Waals surface area contributed by atoms with Crippen LogP contribution < -0.4 is 20.2 Å². The van der Waals surface area contributed by atoms with Gasteiger partial charge in [0.25, 0.3) is 0 Å². The molecular weight excluding hydrogens is 418 g/mol. The van der Waals surface area contributed by atoms with Crippen molar-refractivity contribution in [3.8, 4) is 17.2 Å². The van der Waals surface area contributed by atoms with Crippen LogP contribution >= 0.6 is 15.9 Å². The quantitative estimate of drug-likeness (QED) is 0.367. The zero-order chi connectivity index (χ0) is 19.8. The highest BCUT2D eigenvalue weighted by atomic mass is 79.9. The standard InChI is InChI=1S/C18H18BrN3O5/c1-3-27-14-7-5-4-6-13(14)21-17(24)18(25)22-20-10-11-8-12(19)16(23)15(9-11)26-2/h4-10,23H,3H2,1-2H3,(H,21,24)(H,22,25)/b20-10-. The van der Waals surface area contributed by atoms with E-state index in [0.29, 0.717) is 28.1 Å². The number of aromatic hydroxyl groups is 1. The third-order valence-electron chi connectivity index (χ3n) is 3.29. The Morgan fingerprint density at radius 2 is 1.96 bits per heavy atom. The van der Waals surface area contributed by atoms with Crippen molar-refractivity contribution in [3.63, 3.8) is 0 Å². The molecule has 142 valence electrons. The minimum absolute atomic E-state index is 0.0500. The number of phenolic OH excluding ortho intramolecular Hbond substituents is 1. The first-order valence-corrected chi connectivity index (χ1v) is 8.68. The van der Waals surface area contributed by atoms with Gasteiger partial charge in [0.05, 0.1) is 30.1 Å². The molecule has 0 unspecified atom stereocenters. The summed E-state index contributed by atoms with van der Waals surface area (Å²) in [6.45, 7) is 2.24. The second-order valence-corrected chi connectivity index (χ2v) is 5.99. The van der Waals surface area contributed by atoms with E-state index in [1.54, 1.807) is 30.3 Å². The summed E-state index contributed by atoms with van der Waals surface area (Å²) in [4.78, 5) is 23.9. The lowest BCUT2D eigenvalue weighted by Crippen LogP contribution is -2.32. The largest absolute Gasteiger partial charge is 0.503 e. The van der Waals surface area contributed by atoms with Crippen molar-refractivity contribution in [1.29, 1.82) is 0 Å². The summed E-state index contributed by atoms with van der Waals surface area (Å²) in [7, 11) is 1.41. The number of hydrogen-bond donors (Lipinski definition) is 3. The van der Waals surface area contributed by atoms with Gasteiger partial charge in [-0.3, -0.25) is 9.59 Å². The van der Waals surface area contributed by atoms with E-state index >= 15 is 0 Å². The summed E-state index contributed by atoms with van der Waals surface area (Å²) in [5.41, 5.74) is 3.06. The normalized spacial score (nSPS) is 10.5. The van der Waals surface area contributed by atoms with Crippen LogP contribution in [0.4, 0.5) is 5.69 Å². The van der Waals surface area contributed by atoms with Gasteiger partial charge in [-0.2, -0.15) is 5.10 Å². The van der Waals surface area contributed by atoms with Crippen LogP contribution in [0.15, 0.2) is 46.0 Å². The van der Waals surface area contributed by atoms with Crippen LogP contribution in [0.5, 0.6) is 17.2 Å². The second-order valence-electron chi connectivity index (χ2n) is 5.14. The average Bonchev–Trinajstić information content (AvgIpc) is 2.66. The fourth-order valence-electron chi connectivity index (χ4n) is 2.07. The molecule has 0 spiro atoms. The lowest BCUT2D eigenvalue weighted by Gasteiger charge is -2.10. The number of methoxy groups -OCH3 is 1. The van der Waals surface area contributed by atoms with Gasteiger partial charge >= 0.3 is 11.8 Å². The summed E-state index contributed by atoms with van der Waals surface area (Å²) in [6.07, 6.45) is 1.31. The Kier molecular flexibility index (Phi) is 7.18. The molecule has 0 aromatic heterocycles. The van der Waals surface area contributed by atoms with Gasteiger partial charge < -0.3 is 19.9 Å². The van der Waals surface area contributed by atoms with Gasteiger partial charge in [-0.15, -0.1) is 0 Å². The number of benzene rings is 2. The minimum Gasteiger partial charge on any atom is -0.503 e. The lowest BCUT2D eigenvalue weighted by atomic mass is 10.2. The fourth-order valence-corrected chi connectivity index (χ4v) is 2.53. The van der Waals surface area contributed by atoms with E-state index in [9.17, 15) is 14.7 Å². The molecule has 2 amide bonds. The number of nitrogens with one attached hydrogen (secondary N) is 2. The molecule has 0 radical (unpaired) electrons. The highest BCUT2D eigenvalue weighted by molar-refractivity contribution is 9.10. The number of anilines is 1. The molecule has 2 rings (SSSR count). The maximum atomic E-state index is 12.0. The Balaban J connectivity index is 2.00. The van der Waals surface area contributed by atoms with E-state index in [-0.39, 0.29) is 11.5 Å². The number of phenols is 1. The van der Waals surface area contributed by atoms with Crippen LogP contribution in [0.1, 0.15) is 12.5 Å². The first kappa shape index (κ1) is 20.2. The fraction of sp³-hybridized carbons (Fsp3) is 0.167. The number of amides is 2. The molecule has 3 N–H and O–H groups in total. The molecule has 8 nitrogen and oxygen atoms in total. The Morgan fingerprint density at radius 3 is 2.67 bits per heavy atom. The first-order chi connectivity index (χ1) is 13.0. The number of rotatable bonds is 6. The van der Waals surface area contributed by atoms with Gasteiger partial charge in [0.15, 0.2) is 11.5 Å². The molecule has 0 saturated carbocycles. The number of halogens is 1. The number of para-hydroxylation sites is 2. The van der Waals surface area contributed by atoms with Crippen LogP contribution in [0, 0.1) is 0 Å². The van der Waals surface area contributed by atoms with Crippen LogP contribution in [-0.4, -0.2) is 36.9 Å². The number of carbonyl (C=O) groups is 2. The van der Waals surface area contributed by atoms with Crippen LogP contribution in [0.25, 0.3) is 0 Å². The predicted octanol–water partition coefficient (Wildman–Crippen LogP) is 2.65. The third kappa shape index (κ3) is 5.45. The highest BCUT2D eigenvalue weighted by Gasteiger charge is 2.15. The second kappa shape index (κ2) is 9.58. The predicted molar refractivity (Wildman–Crippen MR) is 104 cm³/mol. The Bertz CT molecular complexity index is 870. The summed E-state index contributed by atoms with van der Waals surface area (Å²) in [6, 6.07) is 9.88. The SMILES string of the molecule is CCOc1ccccc1NC(=O)C(=O)N/N=C\c1cc(Br)c(O)c(OC)c1. The van der Waals surface area contributed by atoms with Gasteiger partial charge in [0.2, 0.25) is 0 Å². The number of carbonyl (C=O) groups excluding carboxylic acids is 2. The Labute approximate surface area is 164 Å². The molecule has 0 atom stereocenters. The maximum Gasteiger partial charge on any atom is 0.329 e. The van der Waals surface area contributed by atoms with E-state index in [1.165, 1.54) is 19.4 Å². The van der Waals surface area contributed by atoms with Crippen molar-refractivity contribution in [2.24, 2.45) is 5.10 Å². The topological polar surface area (TPSA) is 109 Å². The Morgan fingerprint density at radius 1 is 1.22 bits per heavy atom. The third-order valence-corrected chi connectivity index (χ3v) is 3.90. The molecule has 0 aliphatic rings. The zero-order valence-corrected chi connectivity index (χ0v) is 16.2. The molecule has 2 aromatic carbocycles. The van der Waals surface area contributed by atoms with Gasteiger partial charge in [-0.05, 0) is 52.7 Å². The average molecular weight is 436 g/mol. The highest BCUT2D eigenvalue weighted by Crippen LogP contribution is 2.34. The molecule has 2 aromatic rings. The number of hydrogen-bond acceptors (Lipinski definition) is 6. The molecule has 0 aliphatic carbocycles. The monoisotopic (exact) mass is 435 g/mol. The summed E-state index contributed by atoms with van der Waals surface area (Å²) in [5.74, 6) is -1.18. The molecule has 9 heteroatoms. The number of nitrogens with zero attached hydrogens (tertiary/aromatic N) is 1. The van der Waals surface area contributed by atoms with E-state index in [2.05, 4.69) is 31.8 Å². The van der Waals surface area contributed by atoms with Gasteiger partial charge in [0, 0.05) is 0 Å². The van der Waals surface area contributed by atoms with Crippen LogP contribution in [0.3, 0.4) is 0 Å². The van der Waals surface area contributed by atoms with Crippen molar-refractivity contribution in [2.75, 3.05) is 19.0 Å². The van der Waals surface area contributed by atoms with E-state index in [0.717, 1.165) is 0 Å². The van der Waals surface area contributed by atoms with Crippen molar-refractivity contribution in [2.45, 2.75) is 6.92 Å². The zero-order valence-electron chi connectivity index (χ0n) is 14.7. The molecular formula is C18H18BrN3O5. The lowest BCUT2D eigenvalue weighted by molar-refractivity contribution is -0.136. The maximum absolute atomic E-state index is 12.0. The molecule has 0 saturated heterocycles. The first-order valence-electron chi connectivity index (χ1n) is 7.89. The molecule has 0 aliphatic heterocycles. The van der Waals surface area contributed by atoms with Crippen molar-refractivity contribution >= 4 is 39.6 Å². The smallest absolute Gasteiger partial charge is 0.329 e. The van der Waals surface area contributed by atoms with Gasteiger partial charge in [0.1, 0.15) is 5.75 Å². The van der Waals surface area contributed by atoms with Crippen molar-refractivity contribution in [1.82, 2.24) is 5.43 Å². The Hall–Kier alpha value is -3.07. The number of ether oxygens (including phenoxy) is 2. The summed E-state index contributed by atoms with van der Waals surface area (Å²) in [5, 5.41) is 16.0. The minimum atomic E-state index is -0.942. The molecule has 0 heterocycles. The molecule has 0 bridgehead atoms. The van der Waals surface area contributed by atoms with Gasteiger partial charge in [-0.25, -0.2) is 5.43 Å². The van der Waals surface area contributed by atoms with E-state index < -0.39 is 11.8 Å². The van der Waals surface area contributed by atoms with Crippen LogP contribution in [-0.2, 0) is 9.59 Å². The molecule has 0 fully saturated rings. The van der Waals surface area contributed by atoms with E-state index in [4.69, 9.17) is 9.47 Å². The molecule has 27 heavy (non-hydrogen) atoms. The van der Waals surface area contributed by atoms with Crippen molar-refractivity contribution < 1.29 is 24.2 Å². The van der Waals surface area contributed by atoms with Gasteiger partial charge in [-0.1, -0.05) is 12.1 Å².